The normalized spacial score (nSPS) is 13.7. The summed E-state index contributed by atoms with van der Waals surface area (Å²) in [4.78, 5) is 28.6. The quantitative estimate of drug-likeness (QED) is 0.477. The highest BCUT2D eigenvalue weighted by Gasteiger charge is 2.16. The first-order valence-electron chi connectivity index (χ1n) is 9.62. The molecule has 2 atom stereocenters. The molecule has 0 spiro atoms. The van der Waals surface area contributed by atoms with E-state index in [1.54, 1.807) is 42.2 Å². The van der Waals surface area contributed by atoms with Crippen LogP contribution in [-0.2, 0) is 20.6 Å². The highest BCUT2D eigenvalue weighted by molar-refractivity contribution is 5.69. The fourth-order valence-corrected chi connectivity index (χ4v) is 3.38. The van der Waals surface area contributed by atoms with Gasteiger partial charge in [0.25, 0.3) is 5.56 Å². The first-order chi connectivity index (χ1) is 13.8. The van der Waals surface area contributed by atoms with E-state index in [0.29, 0.717) is 24.3 Å². The molecule has 0 fully saturated rings. The molecule has 9 nitrogen and oxygen atoms in total. The number of fused-ring (bicyclic) bond motifs is 1. The standard InChI is InChI=1S/C20H27N5O4/c1-13(17(27)14-6-8-15(26)9-7-14)21-10-4-5-11-25-12-22-18-16(25)19(28)24(3)20(29)23(18)2/h6-9,12-13,17,21,26-27H,4-5,10-11H2,1-3H3. The zero-order valence-corrected chi connectivity index (χ0v) is 16.9. The second kappa shape index (κ2) is 8.62. The van der Waals surface area contributed by atoms with Gasteiger partial charge in [0, 0.05) is 26.7 Å². The Morgan fingerprint density at radius 3 is 2.48 bits per heavy atom. The van der Waals surface area contributed by atoms with Gasteiger partial charge in [-0.1, -0.05) is 12.1 Å². The molecule has 3 aromatic rings. The number of imidazole rings is 1. The first-order valence-corrected chi connectivity index (χ1v) is 9.62. The Hall–Kier alpha value is -2.91. The summed E-state index contributed by atoms with van der Waals surface area (Å²) in [6, 6.07) is 6.38. The van der Waals surface area contributed by atoms with Gasteiger partial charge >= 0.3 is 5.69 Å². The molecule has 0 amide bonds. The minimum atomic E-state index is -0.669. The van der Waals surface area contributed by atoms with Gasteiger partial charge in [-0.15, -0.1) is 0 Å². The molecule has 2 aromatic heterocycles. The number of aromatic hydroxyl groups is 1. The van der Waals surface area contributed by atoms with Gasteiger partial charge in [-0.25, -0.2) is 9.78 Å². The van der Waals surface area contributed by atoms with Crippen LogP contribution in [0.4, 0.5) is 0 Å². The SMILES string of the molecule is CC(NCCCCn1cnc2c1c(=O)n(C)c(=O)n2C)C(O)c1ccc(O)cc1. The van der Waals surface area contributed by atoms with Gasteiger partial charge in [-0.3, -0.25) is 13.9 Å². The van der Waals surface area contributed by atoms with E-state index in [-0.39, 0.29) is 17.4 Å². The summed E-state index contributed by atoms with van der Waals surface area (Å²) in [6.07, 6.45) is 2.58. The molecule has 0 aliphatic heterocycles. The van der Waals surface area contributed by atoms with Crippen molar-refractivity contribution in [3.8, 4) is 5.75 Å². The lowest BCUT2D eigenvalue weighted by Crippen LogP contribution is -2.37. The molecule has 3 rings (SSSR count). The van der Waals surface area contributed by atoms with Crippen molar-refractivity contribution in [2.24, 2.45) is 14.1 Å². The van der Waals surface area contributed by atoms with Crippen molar-refractivity contribution in [2.45, 2.75) is 38.5 Å². The van der Waals surface area contributed by atoms with Crippen molar-refractivity contribution in [3.63, 3.8) is 0 Å². The van der Waals surface area contributed by atoms with Gasteiger partial charge in [0.1, 0.15) is 5.75 Å². The number of unbranched alkanes of at least 4 members (excludes halogenated alkanes) is 1. The van der Waals surface area contributed by atoms with Gasteiger partial charge in [-0.2, -0.15) is 0 Å². The maximum Gasteiger partial charge on any atom is 0.332 e. The maximum absolute atomic E-state index is 12.4. The zero-order valence-electron chi connectivity index (χ0n) is 16.9. The minimum absolute atomic E-state index is 0.143. The van der Waals surface area contributed by atoms with Crippen LogP contribution in [0.2, 0.25) is 0 Å². The monoisotopic (exact) mass is 401 g/mol. The molecular weight excluding hydrogens is 374 g/mol. The molecule has 0 aliphatic rings. The third-order valence-electron chi connectivity index (χ3n) is 5.22. The third kappa shape index (κ3) is 4.25. The number of aliphatic hydroxyl groups is 1. The summed E-state index contributed by atoms with van der Waals surface area (Å²) in [5.74, 6) is 0.170. The number of nitrogens with zero attached hydrogens (tertiary/aromatic N) is 4. The van der Waals surface area contributed by atoms with Crippen molar-refractivity contribution in [3.05, 3.63) is 57.0 Å². The Bertz CT molecular complexity index is 1100. The van der Waals surface area contributed by atoms with Crippen molar-refractivity contribution in [1.82, 2.24) is 24.0 Å². The summed E-state index contributed by atoms with van der Waals surface area (Å²) in [5.41, 5.74) is 0.831. The number of phenols is 1. The molecule has 9 heteroatoms. The number of aryl methyl sites for hydroxylation is 2. The molecular formula is C20H27N5O4. The Balaban J connectivity index is 1.54. The Morgan fingerprint density at radius 2 is 1.79 bits per heavy atom. The maximum atomic E-state index is 12.4. The Morgan fingerprint density at radius 1 is 1.10 bits per heavy atom. The summed E-state index contributed by atoms with van der Waals surface area (Å²) < 4.78 is 4.25. The number of rotatable bonds is 8. The molecule has 1 aromatic carbocycles. The molecule has 0 saturated carbocycles. The van der Waals surface area contributed by atoms with Crippen LogP contribution in [0.3, 0.4) is 0 Å². The van der Waals surface area contributed by atoms with Crippen molar-refractivity contribution in [1.29, 1.82) is 0 Å². The third-order valence-corrected chi connectivity index (χ3v) is 5.22. The summed E-state index contributed by atoms with van der Waals surface area (Å²) >= 11 is 0. The van der Waals surface area contributed by atoms with E-state index in [1.165, 1.54) is 11.6 Å². The summed E-state index contributed by atoms with van der Waals surface area (Å²) in [5, 5.41) is 23.0. The lowest BCUT2D eigenvalue weighted by Gasteiger charge is -2.20. The number of hydrogen-bond acceptors (Lipinski definition) is 6. The Kier molecular flexibility index (Phi) is 6.19. The smallest absolute Gasteiger partial charge is 0.332 e. The zero-order chi connectivity index (χ0) is 21.1. The Labute approximate surface area is 167 Å². The van der Waals surface area contributed by atoms with Gasteiger partial charge < -0.3 is 20.1 Å². The highest BCUT2D eigenvalue weighted by Crippen LogP contribution is 2.19. The predicted octanol–water partition coefficient (Wildman–Crippen LogP) is 0.631. The average Bonchev–Trinajstić information content (AvgIpc) is 3.14. The lowest BCUT2D eigenvalue weighted by atomic mass is 10.0. The topological polar surface area (TPSA) is 114 Å². The lowest BCUT2D eigenvalue weighted by molar-refractivity contribution is 0.136. The summed E-state index contributed by atoms with van der Waals surface area (Å²) in [6.45, 7) is 3.23. The van der Waals surface area contributed by atoms with Gasteiger partial charge in [0.15, 0.2) is 11.2 Å². The van der Waals surface area contributed by atoms with Crippen LogP contribution >= 0.6 is 0 Å². The van der Waals surface area contributed by atoms with E-state index in [0.717, 1.165) is 23.0 Å². The van der Waals surface area contributed by atoms with Crippen molar-refractivity contribution < 1.29 is 10.2 Å². The second-order valence-corrected chi connectivity index (χ2v) is 7.30. The number of phenolic OH excluding ortho intramolecular Hbond substituents is 1. The first kappa shape index (κ1) is 20.8. The molecule has 2 unspecified atom stereocenters. The molecule has 156 valence electrons. The van der Waals surface area contributed by atoms with Gasteiger partial charge in [-0.05, 0) is 44.0 Å². The fraction of sp³-hybridized carbons (Fsp3) is 0.450. The molecule has 29 heavy (non-hydrogen) atoms. The van der Waals surface area contributed by atoms with Crippen LogP contribution in [0, 0.1) is 0 Å². The van der Waals surface area contributed by atoms with Crippen LogP contribution in [-0.4, -0.2) is 41.5 Å². The molecule has 2 heterocycles. The molecule has 0 aliphatic carbocycles. The van der Waals surface area contributed by atoms with Crippen molar-refractivity contribution >= 4 is 11.2 Å². The van der Waals surface area contributed by atoms with E-state index in [1.807, 2.05) is 6.92 Å². The fourth-order valence-electron chi connectivity index (χ4n) is 3.38. The van der Waals surface area contributed by atoms with Crippen LogP contribution in [0.25, 0.3) is 11.2 Å². The number of aromatic nitrogens is 4. The van der Waals surface area contributed by atoms with Crippen LogP contribution < -0.4 is 16.6 Å². The number of hydrogen-bond donors (Lipinski definition) is 3. The minimum Gasteiger partial charge on any atom is -0.508 e. The van der Waals surface area contributed by atoms with Gasteiger partial charge in [0.2, 0.25) is 0 Å². The van der Waals surface area contributed by atoms with Crippen LogP contribution in [0.5, 0.6) is 5.75 Å². The molecule has 0 bridgehead atoms. The largest absolute Gasteiger partial charge is 0.508 e. The van der Waals surface area contributed by atoms with Crippen LogP contribution in [0.1, 0.15) is 31.4 Å². The second-order valence-electron chi connectivity index (χ2n) is 7.30. The molecule has 0 saturated heterocycles. The van der Waals surface area contributed by atoms with Crippen molar-refractivity contribution in [2.75, 3.05) is 6.54 Å². The number of aliphatic hydroxyl groups excluding tert-OH is 1. The van der Waals surface area contributed by atoms with Gasteiger partial charge in [0.05, 0.1) is 12.4 Å². The van der Waals surface area contributed by atoms with E-state index in [9.17, 15) is 19.8 Å². The highest BCUT2D eigenvalue weighted by atomic mass is 16.3. The van der Waals surface area contributed by atoms with E-state index in [4.69, 9.17) is 0 Å². The average molecular weight is 401 g/mol. The van der Waals surface area contributed by atoms with Crippen LogP contribution in [0.15, 0.2) is 40.2 Å². The molecule has 0 radical (unpaired) electrons. The predicted molar refractivity (Wildman–Crippen MR) is 110 cm³/mol. The molecule has 3 N–H and O–H groups in total. The summed E-state index contributed by atoms with van der Waals surface area (Å²) in [7, 11) is 3.07. The van der Waals surface area contributed by atoms with E-state index in [2.05, 4.69) is 10.3 Å². The van der Waals surface area contributed by atoms with E-state index >= 15 is 0 Å². The van der Waals surface area contributed by atoms with E-state index < -0.39 is 11.8 Å². The number of nitrogens with one attached hydrogen (secondary N) is 1. The number of benzene rings is 1.